The van der Waals surface area contributed by atoms with Crippen molar-refractivity contribution in [2.75, 3.05) is 0 Å². The number of nitrogens with one attached hydrogen (secondary N) is 1. The van der Waals surface area contributed by atoms with E-state index in [2.05, 4.69) is 17.2 Å². The fraction of sp³-hybridized carbons (Fsp3) is 0.519. The first-order valence-corrected chi connectivity index (χ1v) is 12.4. The van der Waals surface area contributed by atoms with Gasteiger partial charge in [-0.2, -0.15) is 0 Å². The van der Waals surface area contributed by atoms with Gasteiger partial charge in [0.15, 0.2) is 0 Å². The Balaban J connectivity index is 1.21. The van der Waals surface area contributed by atoms with Crippen LogP contribution in [0.3, 0.4) is 0 Å². The summed E-state index contributed by atoms with van der Waals surface area (Å²) in [5, 5.41) is 12.4. The van der Waals surface area contributed by atoms with Gasteiger partial charge in [0, 0.05) is 24.2 Å². The van der Waals surface area contributed by atoms with Crippen LogP contribution in [0.25, 0.3) is 11.1 Å². The number of aliphatic imine (C=N–C) groups is 1. The molecule has 5 rings (SSSR count). The maximum atomic E-state index is 15.0. The molecular weight excluding hydrogens is 433 g/mol. The smallest absolute Gasteiger partial charge is 0.303 e. The summed E-state index contributed by atoms with van der Waals surface area (Å²) in [6.07, 6.45) is 8.74. The molecule has 2 aromatic rings. The number of carboxylic acid groups (broad SMARTS) is 1. The molecule has 0 saturated heterocycles. The number of carboxylic acids is 1. The van der Waals surface area contributed by atoms with Crippen molar-refractivity contribution in [3.63, 3.8) is 0 Å². The van der Waals surface area contributed by atoms with Crippen molar-refractivity contribution in [1.29, 1.82) is 0 Å². The van der Waals surface area contributed by atoms with Crippen LogP contribution in [0, 0.1) is 17.7 Å². The third kappa shape index (κ3) is 5.08. The topological polar surface area (TPSA) is 83.8 Å². The maximum Gasteiger partial charge on any atom is 0.303 e. The number of amidine groups is 1. The van der Waals surface area contributed by atoms with Gasteiger partial charge < -0.3 is 15.2 Å². The summed E-state index contributed by atoms with van der Waals surface area (Å²) < 4.78 is 21.0. The molecule has 180 valence electrons. The molecule has 2 N–H and O–H groups in total. The third-order valence-corrected chi connectivity index (χ3v) is 7.53. The second-order valence-corrected chi connectivity index (χ2v) is 10.2. The number of ether oxygens (including phenoxy) is 1. The van der Waals surface area contributed by atoms with Gasteiger partial charge in [-0.1, -0.05) is 13.0 Å². The van der Waals surface area contributed by atoms with Gasteiger partial charge in [0.25, 0.3) is 0 Å². The minimum atomic E-state index is -0.730. The maximum absolute atomic E-state index is 15.0. The predicted octanol–water partition coefficient (Wildman–Crippen LogP) is 5.21. The Morgan fingerprint density at radius 2 is 1.91 bits per heavy atom. The van der Waals surface area contributed by atoms with Crippen LogP contribution < -0.4 is 10.1 Å². The Bertz CT molecular complexity index is 1060. The average Bonchev–Trinajstić information content (AvgIpc) is 3.23. The van der Waals surface area contributed by atoms with Gasteiger partial charge in [0.1, 0.15) is 17.8 Å². The molecule has 0 amide bonds. The van der Waals surface area contributed by atoms with E-state index in [9.17, 15) is 4.79 Å². The zero-order chi connectivity index (χ0) is 23.7. The fourth-order valence-corrected chi connectivity index (χ4v) is 5.58. The highest BCUT2D eigenvalue weighted by Crippen LogP contribution is 2.32. The number of rotatable bonds is 6. The van der Waals surface area contributed by atoms with Gasteiger partial charge in [-0.05, 0) is 80.5 Å². The van der Waals surface area contributed by atoms with E-state index < -0.39 is 5.97 Å². The summed E-state index contributed by atoms with van der Waals surface area (Å²) in [5.74, 6) is 1.13. The van der Waals surface area contributed by atoms with Crippen LogP contribution in [0.2, 0.25) is 0 Å². The van der Waals surface area contributed by atoms with Crippen LogP contribution in [0.15, 0.2) is 41.5 Å². The number of benzene rings is 1. The monoisotopic (exact) mass is 465 g/mol. The number of aromatic nitrogens is 1. The van der Waals surface area contributed by atoms with E-state index in [-0.39, 0.29) is 30.3 Å². The number of pyridine rings is 1. The van der Waals surface area contributed by atoms with Gasteiger partial charge in [0.05, 0.1) is 17.6 Å². The van der Waals surface area contributed by atoms with Crippen LogP contribution in [0.1, 0.15) is 63.9 Å². The largest absolute Gasteiger partial charge is 0.481 e. The molecule has 3 aliphatic rings. The first kappa shape index (κ1) is 22.8. The first-order valence-electron chi connectivity index (χ1n) is 12.4. The van der Waals surface area contributed by atoms with Crippen molar-refractivity contribution in [3.8, 4) is 17.0 Å². The number of hydrogen-bond acceptors (Lipinski definition) is 5. The molecule has 1 aromatic carbocycles. The molecule has 2 heterocycles. The molecule has 7 heteroatoms. The van der Waals surface area contributed by atoms with Crippen molar-refractivity contribution >= 4 is 11.8 Å². The minimum Gasteiger partial charge on any atom is -0.481 e. The standard InChI is InChI=1S/C27H32FN3O3/c1-16-2-10-23-24(12-16)31-27(30-23)21-9-5-18(14-22(21)28)19-6-11-25(29-15-19)34-20-7-3-17(4-8-20)13-26(32)33/h5-6,9,11,14-17,20,23-24H,2-4,7-8,10,12-13H2,1H3,(H,30,31)(H,32,33). The summed E-state index contributed by atoms with van der Waals surface area (Å²) in [4.78, 5) is 20.1. The Morgan fingerprint density at radius 3 is 2.62 bits per heavy atom. The lowest BCUT2D eigenvalue weighted by molar-refractivity contribution is -0.138. The lowest BCUT2D eigenvalue weighted by Crippen LogP contribution is -2.39. The van der Waals surface area contributed by atoms with E-state index in [1.165, 1.54) is 6.42 Å². The van der Waals surface area contributed by atoms with E-state index in [4.69, 9.17) is 14.8 Å². The number of halogens is 1. The predicted molar refractivity (Wildman–Crippen MR) is 129 cm³/mol. The van der Waals surface area contributed by atoms with E-state index in [0.29, 0.717) is 29.2 Å². The van der Waals surface area contributed by atoms with E-state index in [1.807, 2.05) is 18.2 Å². The van der Waals surface area contributed by atoms with Crippen LogP contribution in [-0.4, -0.2) is 40.1 Å². The fourth-order valence-electron chi connectivity index (χ4n) is 5.58. The molecule has 0 radical (unpaired) electrons. The number of fused-ring (bicyclic) bond motifs is 1. The van der Waals surface area contributed by atoms with Crippen molar-refractivity contribution in [2.24, 2.45) is 16.8 Å². The Morgan fingerprint density at radius 1 is 1.12 bits per heavy atom. The number of aliphatic carboxylic acids is 1. The van der Waals surface area contributed by atoms with Crippen molar-refractivity contribution in [2.45, 2.75) is 76.5 Å². The molecule has 0 spiro atoms. The summed E-state index contributed by atoms with van der Waals surface area (Å²) in [5.41, 5.74) is 2.11. The van der Waals surface area contributed by atoms with Gasteiger partial charge in [0.2, 0.25) is 5.88 Å². The average molecular weight is 466 g/mol. The molecule has 3 unspecified atom stereocenters. The normalized spacial score (nSPS) is 28.5. The molecular formula is C27H32FN3O3. The molecule has 1 aromatic heterocycles. The van der Waals surface area contributed by atoms with Gasteiger partial charge in [-0.3, -0.25) is 9.79 Å². The first-order chi connectivity index (χ1) is 16.4. The van der Waals surface area contributed by atoms with Crippen molar-refractivity contribution < 1.29 is 19.0 Å². The van der Waals surface area contributed by atoms with E-state index in [1.54, 1.807) is 18.3 Å². The highest BCUT2D eigenvalue weighted by Gasteiger charge is 2.34. The summed E-state index contributed by atoms with van der Waals surface area (Å²) >= 11 is 0. The highest BCUT2D eigenvalue weighted by molar-refractivity contribution is 6.01. The zero-order valence-electron chi connectivity index (χ0n) is 19.5. The van der Waals surface area contributed by atoms with Crippen LogP contribution in [0.4, 0.5) is 4.39 Å². The van der Waals surface area contributed by atoms with Crippen molar-refractivity contribution in [1.82, 2.24) is 10.3 Å². The summed E-state index contributed by atoms with van der Waals surface area (Å²) in [6.45, 7) is 2.27. The van der Waals surface area contributed by atoms with E-state index >= 15 is 4.39 Å². The van der Waals surface area contributed by atoms with Gasteiger partial charge in [-0.15, -0.1) is 0 Å². The Hall–Kier alpha value is -2.96. The molecule has 6 nitrogen and oxygen atoms in total. The lowest BCUT2D eigenvalue weighted by atomic mass is 9.84. The SMILES string of the molecule is CC1CCC2N=C(c3ccc(-c4ccc(OC5CCC(CC(=O)O)CC5)nc4)cc3F)NC2C1. The summed E-state index contributed by atoms with van der Waals surface area (Å²) in [6, 6.07) is 9.56. The van der Waals surface area contributed by atoms with E-state index in [0.717, 1.165) is 49.7 Å². The third-order valence-electron chi connectivity index (χ3n) is 7.53. The van der Waals surface area contributed by atoms with Crippen LogP contribution >= 0.6 is 0 Å². The quantitative estimate of drug-likeness (QED) is 0.612. The molecule has 2 saturated carbocycles. The molecule has 3 atom stereocenters. The molecule has 2 fully saturated rings. The molecule has 1 aliphatic heterocycles. The highest BCUT2D eigenvalue weighted by atomic mass is 19.1. The zero-order valence-corrected chi connectivity index (χ0v) is 19.5. The van der Waals surface area contributed by atoms with Crippen LogP contribution in [0.5, 0.6) is 5.88 Å². The minimum absolute atomic E-state index is 0.0616. The van der Waals surface area contributed by atoms with Gasteiger partial charge in [-0.25, -0.2) is 9.37 Å². The van der Waals surface area contributed by atoms with Gasteiger partial charge >= 0.3 is 5.97 Å². The number of hydrogen-bond donors (Lipinski definition) is 2. The second kappa shape index (κ2) is 9.72. The molecule has 0 bridgehead atoms. The Kier molecular flexibility index (Phi) is 6.53. The molecule has 2 aliphatic carbocycles. The Labute approximate surface area is 199 Å². The molecule has 34 heavy (non-hydrogen) atoms. The van der Waals surface area contributed by atoms with Crippen LogP contribution in [-0.2, 0) is 4.79 Å². The lowest BCUT2D eigenvalue weighted by Gasteiger charge is -2.28. The van der Waals surface area contributed by atoms with Crippen molar-refractivity contribution in [3.05, 3.63) is 47.9 Å². The number of nitrogens with zero attached hydrogens (tertiary/aromatic N) is 2. The second-order valence-electron chi connectivity index (χ2n) is 10.2. The summed E-state index contributed by atoms with van der Waals surface area (Å²) in [7, 11) is 0. The number of carbonyl (C=O) groups is 1.